The third kappa shape index (κ3) is 3.03. The Morgan fingerprint density at radius 1 is 1.42 bits per heavy atom. The van der Waals surface area contributed by atoms with E-state index in [4.69, 9.17) is 4.52 Å². The van der Waals surface area contributed by atoms with Gasteiger partial charge in [-0.1, -0.05) is 5.16 Å². The predicted molar refractivity (Wildman–Crippen MR) is 61.9 cm³/mol. The zero-order valence-corrected chi connectivity index (χ0v) is 9.55. The van der Waals surface area contributed by atoms with Crippen LogP contribution in [0.4, 0.5) is 20.2 Å². The van der Waals surface area contributed by atoms with Crippen molar-refractivity contribution < 1.29 is 18.2 Å². The number of alkyl halides is 2. The first kappa shape index (κ1) is 12.9. The topological polar surface area (TPSA) is 81.2 Å². The first-order valence-corrected chi connectivity index (χ1v) is 5.28. The number of anilines is 1. The molecule has 0 aliphatic carbocycles. The Balaban J connectivity index is 2.21. The van der Waals surface area contributed by atoms with Gasteiger partial charge in [0.05, 0.1) is 17.7 Å². The molecule has 0 saturated carbocycles. The summed E-state index contributed by atoms with van der Waals surface area (Å²) in [5, 5.41) is 16.8. The van der Waals surface area contributed by atoms with Crippen LogP contribution < -0.4 is 5.32 Å². The zero-order valence-electron chi connectivity index (χ0n) is 9.55. The largest absolute Gasteiger partial charge is 0.377 e. The van der Waals surface area contributed by atoms with Crippen molar-refractivity contribution in [2.45, 2.75) is 13.0 Å². The molecule has 0 aliphatic rings. The van der Waals surface area contributed by atoms with Crippen molar-refractivity contribution in [2.75, 3.05) is 5.32 Å². The lowest BCUT2D eigenvalue weighted by Crippen LogP contribution is -2.03. The molecular weight excluding hydrogens is 260 g/mol. The number of aromatic nitrogens is 1. The van der Waals surface area contributed by atoms with Crippen LogP contribution in [0.1, 0.15) is 17.7 Å². The van der Waals surface area contributed by atoms with Gasteiger partial charge in [-0.25, -0.2) is 8.78 Å². The van der Waals surface area contributed by atoms with Crippen LogP contribution in [0.2, 0.25) is 0 Å². The van der Waals surface area contributed by atoms with Gasteiger partial charge in [-0.2, -0.15) is 0 Å². The molecule has 0 saturated heterocycles. The van der Waals surface area contributed by atoms with Crippen molar-refractivity contribution in [3.05, 3.63) is 51.9 Å². The van der Waals surface area contributed by atoms with Crippen LogP contribution in [0.3, 0.4) is 0 Å². The maximum absolute atomic E-state index is 12.8. The van der Waals surface area contributed by atoms with Gasteiger partial charge in [-0.3, -0.25) is 10.1 Å². The third-order valence-electron chi connectivity index (χ3n) is 2.43. The summed E-state index contributed by atoms with van der Waals surface area (Å²) in [6.07, 6.45) is -1.38. The molecule has 0 aliphatic heterocycles. The van der Waals surface area contributed by atoms with Gasteiger partial charge < -0.3 is 9.84 Å². The average molecular weight is 269 g/mol. The second kappa shape index (κ2) is 5.42. The maximum Gasteiger partial charge on any atom is 0.270 e. The van der Waals surface area contributed by atoms with Gasteiger partial charge in [-0.05, 0) is 6.07 Å². The minimum Gasteiger partial charge on any atom is -0.377 e. The molecule has 0 unspecified atom stereocenters. The minimum absolute atomic E-state index is 0.122. The number of halogens is 2. The lowest BCUT2D eigenvalue weighted by Gasteiger charge is -2.10. The van der Waals surface area contributed by atoms with E-state index in [0.717, 1.165) is 12.1 Å². The van der Waals surface area contributed by atoms with Crippen molar-refractivity contribution in [2.24, 2.45) is 0 Å². The van der Waals surface area contributed by atoms with E-state index >= 15 is 0 Å². The SMILES string of the molecule is O=[N+]([O-])c1ccc(NCc2ccno2)c(C(F)F)c1. The first-order valence-electron chi connectivity index (χ1n) is 5.28. The van der Waals surface area contributed by atoms with Crippen LogP contribution in [-0.4, -0.2) is 10.1 Å². The number of hydrogen-bond acceptors (Lipinski definition) is 5. The number of nitro benzene ring substituents is 1. The molecule has 0 spiro atoms. The van der Waals surface area contributed by atoms with E-state index in [2.05, 4.69) is 10.5 Å². The molecular formula is C11H9F2N3O3. The second-order valence-corrected chi connectivity index (χ2v) is 3.66. The molecule has 0 atom stereocenters. The molecule has 0 fully saturated rings. The average Bonchev–Trinajstić information content (AvgIpc) is 2.89. The van der Waals surface area contributed by atoms with E-state index in [9.17, 15) is 18.9 Å². The Bertz CT molecular complexity index is 573. The summed E-state index contributed by atoms with van der Waals surface area (Å²) in [6, 6.07) is 4.85. The van der Waals surface area contributed by atoms with E-state index in [-0.39, 0.29) is 17.9 Å². The molecule has 2 aromatic rings. The molecule has 0 bridgehead atoms. The molecule has 0 radical (unpaired) electrons. The van der Waals surface area contributed by atoms with E-state index in [0.29, 0.717) is 5.76 Å². The van der Waals surface area contributed by atoms with Crippen molar-refractivity contribution in [3.8, 4) is 0 Å². The van der Waals surface area contributed by atoms with Gasteiger partial charge in [0.15, 0.2) is 5.76 Å². The Kier molecular flexibility index (Phi) is 3.69. The molecule has 100 valence electrons. The standard InChI is InChI=1S/C11H9F2N3O3/c12-11(13)9-5-7(16(17)18)1-2-10(9)14-6-8-3-4-15-19-8/h1-5,11,14H,6H2. The molecule has 1 N–H and O–H groups in total. The minimum atomic E-state index is -2.81. The summed E-state index contributed by atoms with van der Waals surface area (Å²) in [6.45, 7) is 0.164. The number of non-ortho nitro benzene ring substituents is 1. The summed E-state index contributed by atoms with van der Waals surface area (Å²) >= 11 is 0. The van der Waals surface area contributed by atoms with Crippen LogP contribution in [-0.2, 0) is 6.54 Å². The van der Waals surface area contributed by atoms with Gasteiger partial charge in [0.1, 0.15) is 0 Å². The smallest absolute Gasteiger partial charge is 0.270 e. The fourth-order valence-electron chi connectivity index (χ4n) is 1.52. The predicted octanol–water partition coefficient (Wildman–Crippen LogP) is 3.13. The van der Waals surface area contributed by atoms with Gasteiger partial charge in [0, 0.05) is 29.4 Å². The number of nitrogens with zero attached hydrogens (tertiary/aromatic N) is 2. The summed E-state index contributed by atoms with van der Waals surface area (Å²) < 4.78 is 30.5. The molecule has 1 heterocycles. The van der Waals surface area contributed by atoms with Crippen LogP contribution >= 0.6 is 0 Å². The van der Waals surface area contributed by atoms with Gasteiger partial charge in [0.2, 0.25) is 0 Å². The highest BCUT2D eigenvalue weighted by molar-refractivity contribution is 5.56. The summed E-state index contributed by atoms with van der Waals surface area (Å²) in [5.74, 6) is 0.471. The molecule has 19 heavy (non-hydrogen) atoms. The van der Waals surface area contributed by atoms with Crippen LogP contribution in [0.15, 0.2) is 35.0 Å². The van der Waals surface area contributed by atoms with E-state index in [1.54, 1.807) is 6.07 Å². The van der Waals surface area contributed by atoms with Gasteiger partial charge in [0.25, 0.3) is 12.1 Å². The number of hydrogen-bond donors (Lipinski definition) is 1. The normalized spacial score (nSPS) is 10.7. The van der Waals surface area contributed by atoms with Crippen LogP contribution in [0, 0.1) is 10.1 Å². The Hall–Kier alpha value is -2.51. The van der Waals surface area contributed by atoms with Crippen molar-refractivity contribution in [3.63, 3.8) is 0 Å². The lowest BCUT2D eigenvalue weighted by molar-refractivity contribution is -0.385. The van der Waals surface area contributed by atoms with E-state index < -0.39 is 16.9 Å². The molecule has 0 amide bonds. The first-order chi connectivity index (χ1) is 9.08. The fraction of sp³-hybridized carbons (Fsp3) is 0.182. The highest BCUT2D eigenvalue weighted by Crippen LogP contribution is 2.30. The van der Waals surface area contributed by atoms with Gasteiger partial charge >= 0.3 is 0 Å². The Morgan fingerprint density at radius 2 is 2.21 bits per heavy atom. The number of benzene rings is 1. The van der Waals surface area contributed by atoms with Gasteiger partial charge in [-0.15, -0.1) is 0 Å². The highest BCUT2D eigenvalue weighted by Gasteiger charge is 2.17. The summed E-state index contributed by atoms with van der Waals surface area (Å²) in [5.41, 5.74) is -0.675. The van der Waals surface area contributed by atoms with Crippen LogP contribution in [0.5, 0.6) is 0 Å². The number of nitro groups is 1. The van der Waals surface area contributed by atoms with E-state index in [1.807, 2.05) is 0 Å². The fourth-order valence-corrected chi connectivity index (χ4v) is 1.52. The third-order valence-corrected chi connectivity index (χ3v) is 2.43. The molecule has 2 rings (SSSR count). The molecule has 8 heteroatoms. The molecule has 1 aromatic carbocycles. The zero-order chi connectivity index (χ0) is 13.8. The van der Waals surface area contributed by atoms with Crippen molar-refractivity contribution in [1.82, 2.24) is 5.16 Å². The maximum atomic E-state index is 12.8. The Morgan fingerprint density at radius 3 is 2.79 bits per heavy atom. The quantitative estimate of drug-likeness (QED) is 0.666. The molecule has 6 nitrogen and oxygen atoms in total. The summed E-state index contributed by atoms with van der Waals surface area (Å²) in [7, 11) is 0. The highest BCUT2D eigenvalue weighted by atomic mass is 19.3. The van der Waals surface area contributed by atoms with Crippen molar-refractivity contribution in [1.29, 1.82) is 0 Å². The number of nitrogens with one attached hydrogen (secondary N) is 1. The Labute approximate surface area is 106 Å². The lowest BCUT2D eigenvalue weighted by atomic mass is 10.1. The monoisotopic (exact) mass is 269 g/mol. The van der Waals surface area contributed by atoms with Crippen molar-refractivity contribution >= 4 is 11.4 Å². The van der Waals surface area contributed by atoms with E-state index in [1.165, 1.54) is 12.3 Å². The summed E-state index contributed by atoms with van der Waals surface area (Å²) in [4.78, 5) is 9.83. The molecule has 1 aromatic heterocycles. The second-order valence-electron chi connectivity index (χ2n) is 3.66. The number of rotatable bonds is 5. The van der Waals surface area contributed by atoms with Crippen LogP contribution in [0.25, 0.3) is 0 Å².